The van der Waals surface area contributed by atoms with Crippen molar-refractivity contribution in [1.29, 1.82) is 10.5 Å². The Labute approximate surface area is 275 Å². The van der Waals surface area contributed by atoms with Gasteiger partial charge in [-0.15, -0.1) is 0 Å². The first-order chi connectivity index (χ1) is 23.7. The summed E-state index contributed by atoms with van der Waals surface area (Å²) in [6.45, 7) is 0. The Morgan fingerprint density at radius 1 is 0.458 bits per heavy atom. The Hall–Kier alpha value is -6.95. The van der Waals surface area contributed by atoms with Crippen molar-refractivity contribution >= 4 is 43.7 Å². The molecule has 0 aliphatic carbocycles. The molecule has 0 bridgehead atoms. The summed E-state index contributed by atoms with van der Waals surface area (Å²) in [6.07, 6.45) is 0. The molecule has 0 fully saturated rings. The van der Waals surface area contributed by atoms with E-state index < -0.39 is 0 Å². The van der Waals surface area contributed by atoms with Crippen molar-refractivity contribution < 1.29 is 4.42 Å². The number of pyridine rings is 1. The first-order valence-corrected chi connectivity index (χ1v) is 15.7. The van der Waals surface area contributed by atoms with Crippen molar-refractivity contribution in [3.8, 4) is 51.5 Å². The monoisotopic (exact) mass is 612 g/mol. The first-order valence-electron chi connectivity index (χ1n) is 15.7. The van der Waals surface area contributed by atoms with E-state index in [0.717, 1.165) is 83.1 Å². The van der Waals surface area contributed by atoms with E-state index in [0.29, 0.717) is 11.1 Å². The van der Waals surface area contributed by atoms with Crippen LogP contribution in [0, 0.1) is 22.7 Å². The van der Waals surface area contributed by atoms with Crippen LogP contribution in [0.25, 0.3) is 83.1 Å². The number of rotatable bonds is 4. The highest BCUT2D eigenvalue weighted by molar-refractivity contribution is 6.10. The van der Waals surface area contributed by atoms with E-state index in [1.165, 1.54) is 0 Å². The summed E-state index contributed by atoms with van der Waals surface area (Å²) in [4.78, 5) is 5.11. The average molecular weight is 613 g/mol. The second-order valence-corrected chi connectivity index (χ2v) is 11.9. The minimum atomic E-state index is 0.595. The van der Waals surface area contributed by atoms with E-state index in [4.69, 9.17) is 9.40 Å². The molecule has 0 aliphatic heterocycles. The first kappa shape index (κ1) is 27.4. The summed E-state index contributed by atoms with van der Waals surface area (Å²) in [7, 11) is 0. The largest absolute Gasteiger partial charge is 0.456 e. The minimum absolute atomic E-state index is 0.595. The summed E-state index contributed by atoms with van der Waals surface area (Å²) in [5.74, 6) is 0. The number of fused-ring (bicyclic) bond motifs is 6. The zero-order valence-corrected chi connectivity index (χ0v) is 25.6. The number of aromatic nitrogens is 2. The van der Waals surface area contributed by atoms with Gasteiger partial charge in [0.2, 0.25) is 0 Å². The quantitative estimate of drug-likeness (QED) is 0.198. The number of hydrogen-bond acceptors (Lipinski definition) is 4. The Bertz CT molecular complexity index is 2820. The fourth-order valence-electron chi connectivity index (χ4n) is 6.79. The molecule has 9 aromatic rings. The number of hydrogen-bond donors (Lipinski definition) is 0. The van der Waals surface area contributed by atoms with Crippen LogP contribution in [-0.2, 0) is 0 Å². The molecule has 0 amide bonds. The smallest absolute Gasteiger partial charge is 0.135 e. The maximum atomic E-state index is 9.69. The molecule has 0 radical (unpaired) electrons. The Morgan fingerprint density at radius 2 is 1.17 bits per heavy atom. The number of nitrogens with zero attached hydrogens (tertiary/aromatic N) is 4. The maximum Gasteiger partial charge on any atom is 0.135 e. The van der Waals surface area contributed by atoms with Crippen LogP contribution in [0.4, 0.5) is 0 Å². The molecule has 0 saturated heterocycles. The van der Waals surface area contributed by atoms with E-state index in [2.05, 4.69) is 65.2 Å². The van der Waals surface area contributed by atoms with E-state index in [1.54, 1.807) is 6.07 Å². The van der Waals surface area contributed by atoms with Gasteiger partial charge in [0.05, 0.1) is 45.7 Å². The molecule has 3 aromatic heterocycles. The van der Waals surface area contributed by atoms with Gasteiger partial charge in [0, 0.05) is 38.4 Å². The van der Waals surface area contributed by atoms with Crippen LogP contribution in [0.15, 0.2) is 150 Å². The number of nitriles is 2. The second kappa shape index (κ2) is 10.8. The summed E-state index contributed by atoms with van der Waals surface area (Å²) in [5, 5.41) is 23.4. The van der Waals surface area contributed by atoms with Gasteiger partial charge in [-0.25, -0.2) is 4.98 Å². The summed E-state index contributed by atoms with van der Waals surface area (Å²) < 4.78 is 8.42. The summed E-state index contributed by atoms with van der Waals surface area (Å²) in [5.41, 5.74) is 11.5. The third-order valence-electron chi connectivity index (χ3n) is 9.02. The molecule has 48 heavy (non-hydrogen) atoms. The molecule has 0 N–H and O–H groups in total. The van der Waals surface area contributed by atoms with E-state index >= 15 is 0 Å². The predicted molar refractivity (Wildman–Crippen MR) is 192 cm³/mol. The standard InChI is InChI=1S/C43H24N4O/c44-25-27-7-5-8-30(19-27)38-11-6-12-39(46-38)32-21-31(29-16-18-43-37(24-29)35-10-2-4-14-42(35)48-43)22-33(23-32)47-40-13-3-1-9-34(40)36-20-28(26-45)15-17-41(36)47/h1-24H. The number of furan rings is 1. The minimum Gasteiger partial charge on any atom is -0.456 e. The van der Waals surface area contributed by atoms with Gasteiger partial charge in [0.15, 0.2) is 0 Å². The van der Waals surface area contributed by atoms with Crippen LogP contribution in [-0.4, -0.2) is 9.55 Å². The van der Waals surface area contributed by atoms with Crippen LogP contribution in [0.5, 0.6) is 0 Å². The van der Waals surface area contributed by atoms with Gasteiger partial charge in [0.1, 0.15) is 11.2 Å². The lowest BCUT2D eigenvalue weighted by molar-refractivity contribution is 0.669. The van der Waals surface area contributed by atoms with Crippen molar-refractivity contribution in [3.05, 3.63) is 157 Å². The van der Waals surface area contributed by atoms with Crippen molar-refractivity contribution in [1.82, 2.24) is 9.55 Å². The SMILES string of the molecule is N#Cc1cccc(-c2cccc(-c3cc(-c4ccc5oc6ccccc6c5c4)cc(-n4c5ccccc5c5cc(C#N)ccc54)c3)n2)c1. The van der Waals surface area contributed by atoms with Crippen LogP contribution < -0.4 is 0 Å². The third-order valence-corrected chi connectivity index (χ3v) is 9.02. The molecular weight excluding hydrogens is 589 g/mol. The molecule has 0 aliphatic rings. The van der Waals surface area contributed by atoms with Crippen LogP contribution in [0.1, 0.15) is 11.1 Å². The highest BCUT2D eigenvalue weighted by Crippen LogP contribution is 2.38. The highest BCUT2D eigenvalue weighted by Gasteiger charge is 2.17. The van der Waals surface area contributed by atoms with E-state index in [9.17, 15) is 10.5 Å². The Kier molecular flexibility index (Phi) is 6.18. The molecule has 0 saturated carbocycles. The lowest BCUT2D eigenvalue weighted by atomic mass is 9.98. The van der Waals surface area contributed by atoms with Gasteiger partial charge >= 0.3 is 0 Å². The normalized spacial score (nSPS) is 11.3. The molecule has 5 nitrogen and oxygen atoms in total. The van der Waals surface area contributed by atoms with Gasteiger partial charge in [-0.05, 0) is 96.1 Å². The fraction of sp³-hybridized carbons (Fsp3) is 0. The lowest BCUT2D eigenvalue weighted by Gasteiger charge is -2.14. The predicted octanol–water partition coefficient (Wildman–Crippen LogP) is 10.8. The Morgan fingerprint density at radius 3 is 2.04 bits per heavy atom. The van der Waals surface area contributed by atoms with Crippen molar-refractivity contribution in [2.24, 2.45) is 0 Å². The van der Waals surface area contributed by atoms with Crippen molar-refractivity contribution in [3.63, 3.8) is 0 Å². The summed E-state index contributed by atoms with van der Waals surface area (Å²) in [6, 6.07) is 53.3. The molecule has 9 rings (SSSR count). The van der Waals surface area contributed by atoms with Gasteiger partial charge in [-0.3, -0.25) is 0 Å². The van der Waals surface area contributed by atoms with E-state index in [1.807, 2.05) is 91.0 Å². The fourth-order valence-corrected chi connectivity index (χ4v) is 6.79. The van der Waals surface area contributed by atoms with Crippen LogP contribution in [0.3, 0.4) is 0 Å². The second-order valence-electron chi connectivity index (χ2n) is 11.9. The van der Waals surface area contributed by atoms with Crippen molar-refractivity contribution in [2.45, 2.75) is 0 Å². The van der Waals surface area contributed by atoms with E-state index in [-0.39, 0.29) is 0 Å². The number of benzene rings is 6. The highest BCUT2D eigenvalue weighted by atomic mass is 16.3. The van der Waals surface area contributed by atoms with Gasteiger partial charge in [0.25, 0.3) is 0 Å². The molecule has 3 heterocycles. The molecule has 5 heteroatoms. The number of para-hydroxylation sites is 2. The average Bonchev–Trinajstić information content (AvgIpc) is 3.69. The van der Waals surface area contributed by atoms with Gasteiger partial charge in [-0.1, -0.05) is 60.7 Å². The van der Waals surface area contributed by atoms with Crippen molar-refractivity contribution in [2.75, 3.05) is 0 Å². The van der Waals surface area contributed by atoms with Gasteiger partial charge < -0.3 is 8.98 Å². The molecule has 6 aromatic carbocycles. The molecule has 0 unspecified atom stereocenters. The molecule has 0 spiro atoms. The third kappa shape index (κ3) is 4.42. The van der Waals surface area contributed by atoms with Crippen LogP contribution >= 0.6 is 0 Å². The summed E-state index contributed by atoms with van der Waals surface area (Å²) >= 11 is 0. The molecular formula is C43H24N4O. The van der Waals surface area contributed by atoms with Gasteiger partial charge in [-0.2, -0.15) is 10.5 Å². The zero-order chi connectivity index (χ0) is 32.2. The van der Waals surface area contributed by atoms with Crippen LogP contribution in [0.2, 0.25) is 0 Å². The topological polar surface area (TPSA) is 78.5 Å². The molecule has 222 valence electrons. The zero-order valence-electron chi connectivity index (χ0n) is 25.6. The maximum absolute atomic E-state index is 9.69. The Balaban J connectivity index is 1.30. The molecule has 0 atom stereocenters. The lowest BCUT2D eigenvalue weighted by Crippen LogP contribution is -1.97.